The van der Waals surface area contributed by atoms with E-state index in [0.29, 0.717) is 41.9 Å². The highest BCUT2D eigenvalue weighted by atomic mass is 35.5. The number of hydrogen-bond acceptors (Lipinski definition) is 5. The predicted molar refractivity (Wildman–Crippen MR) is 130 cm³/mol. The van der Waals surface area contributed by atoms with Crippen molar-refractivity contribution in [1.29, 1.82) is 0 Å². The second-order valence-corrected chi connectivity index (χ2v) is 9.57. The average Bonchev–Trinajstić information content (AvgIpc) is 2.78. The number of nitrogens with one attached hydrogen (secondary N) is 2. The molecule has 0 bridgehead atoms. The Hall–Kier alpha value is -2.03. The Kier molecular flexibility index (Phi) is 7.43. The monoisotopic (exact) mass is 477 g/mol. The van der Waals surface area contributed by atoms with Gasteiger partial charge in [0.2, 0.25) is 5.95 Å². The van der Waals surface area contributed by atoms with Gasteiger partial charge in [-0.2, -0.15) is 4.98 Å². The van der Waals surface area contributed by atoms with Crippen LogP contribution in [0.25, 0.3) is 0 Å². The predicted octanol–water partition coefficient (Wildman–Crippen LogP) is 4.54. The van der Waals surface area contributed by atoms with Crippen LogP contribution in [-0.4, -0.2) is 47.9 Å². The van der Waals surface area contributed by atoms with E-state index in [1.807, 2.05) is 12.1 Å². The number of thiocarbonyl (C=S) groups is 1. The second kappa shape index (κ2) is 10.3. The third-order valence-electron chi connectivity index (χ3n) is 6.38. The van der Waals surface area contributed by atoms with E-state index in [-0.39, 0.29) is 11.2 Å². The molecule has 1 aromatic carbocycles. The number of anilines is 2. The standard InChI is InChI=1S/C23H29ClFN5OS/c1-16-3-2-10-30(14-16)20-13-19(24)27-21(28-20)29-22(32)26-15-23(8-11-31-12-9-23)17-4-6-18(25)7-5-17/h4-7,13,16H,2-3,8-12,14-15H2,1H3,(H2,26,27,28,29,32)/t16-/m0/s1. The first-order chi connectivity index (χ1) is 15.4. The van der Waals surface area contributed by atoms with Crippen LogP contribution in [0.3, 0.4) is 0 Å². The lowest BCUT2D eigenvalue weighted by molar-refractivity contribution is 0.0515. The molecule has 6 nitrogen and oxygen atoms in total. The summed E-state index contributed by atoms with van der Waals surface area (Å²) in [5.74, 6) is 1.58. The maximum atomic E-state index is 13.5. The molecule has 2 N–H and O–H groups in total. The van der Waals surface area contributed by atoms with Crippen molar-refractivity contribution in [2.45, 2.75) is 38.0 Å². The zero-order valence-electron chi connectivity index (χ0n) is 18.2. The summed E-state index contributed by atoms with van der Waals surface area (Å²) in [6, 6.07) is 8.51. The van der Waals surface area contributed by atoms with Gasteiger partial charge < -0.3 is 20.3 Å². The number of nitrogens with zero attached hydrogens (tertiary/aromatic N) is 3. The number of aromatic nitrogens is 2. The highest BCUT2D eigenvalue weighted by molar-refractivity contribution is 7.80. The largest absolute Gasteiger partial charge is 0.381 e. The highest BCUT2D eigenvalue weighted by Gasteiger charge is 2.34. The van der Waals surface area contributed by atoms with Crippen LogP contribution in [-0.2, 0) is 10.2 Å². The van der Waals surface area contributed by atoms with Crippen LogP contribution >= 0.6 is 23.8 Å². The number of halogens is 2. The van der Waals surface area contributed by atoms with Gasteiger partial charge in [-0.3, -0.25) is 0 Å². The molecular formula is C23H29ClFN5OS. The van der Waals surface area contributed by atoms with Crippen LogP contribution in [0.1, 0.15) is 38.2 Å². The molecule has 0 radical (unpaired) electrons. The van der Waals surface area contributed by atoms with E-state index in [4.69, 9.17) is 28.6 Å². The molecule has 1 atom stereocenters. The Bertz CT molecular complexity index is 938. The summed E-state index contributed by atoms with van der Waals surface area (Å²) in [6.07, 6.45) is 4.04. The number of piperidine rings is 1. The molecule has 2 saturated heterocycles. The van der Waals surface area contributed by atoms with Crippen molar-refractivity contribution in [1.82, 2.24) is 15.3 Å². The van der Waals surface area contributed by atoms with Gasteiger partial charge in [0.15, 0.2) is 5.11 Å². The summed E-state index contributed by atoms with van der Waals surface area (Å²) >= 11 is 11.8. The van der Waals surface area contributed by atoms with Gasteiger partial charge in [-0.15, -0.1) is 0 Å². The van der Waals surface area contributed by atoms with E-state index in [1.165, 1.54) is 18.6 Å². The Morgan fingerprint density at radius 1 is 1.28 bits per heavy atom. The minimum atomic E-state index is -0.238. The zero-order valence-corrected chi connectivity index (χ0v) is 19.8. The maximum absolute atomic E-state index is 13.5. The van der Waals surface area contributed by atoms with Gasteiger partial charge in [0.25, 0.3) is 0 Å². The Morgan fingerprint density at radius 3 is 2.75 bits per heavy atom. The van der Waals surface area contributed by atoms with Gasteiger partial charge in [-0.05, 0) is 61.5 Å². The van der Waals surface area contributed by atoms with Crippen molar-refractivity contribution in [2.75, 3.05) is 43.1 Å². The van der Waals surface area contributed by atoms with E-state index >= 15 is 0 Å². The Morgan fingerprint density at radius 2 is 2.03 bits per heavy atom. The van der Waals surface area contributed by atoms with Gasteiger partial charge in [0.05, 0.1) is 0 Å². The van der Waals surface area contributed by atoms with Crippen LogP contribution in [0.5, 0.6) is 0 Å². The molecule has 4 rings (SSSR count). The molecule has 32 heavy (non-hydrogen) atoms. The first-order valence-corrected chi connectivity index (χ1v) is 11.9. The van der Waals surface area contributed by atoms with Gasteiger partial charge in [-0.1, -0.05) is 30.7 Å². The van der Waals surface area contributed by atoms with Crippen LogP contribution in [0.15, 0.2) is 30.3 Å². The molecule has 9 heteroatoms. The number of hydrogen-bond donors (Lipinski definition) is 2. The van der Waals surface area contributed by atoms with Gasteiger partial charge in [0.1, 0.15) is 16.8 Å². The van der Waals surface area contributed by atoms with E-state index in [1.54, 1.807) is 6.07 Å². The fraction of sp³-hybridized carbons (Fsp3) is 0.522. The summed E-state index contributed by atoms with van der Waals surface area (Å²) in [6.45, 7) is 6.09. The molecule has 2 aliphatic heterocycles. The maximum Gasteiger partial charge on any atom is 0.232 e. The smallest absolute Gasteiger partial charge is 0.232 e. The molecule has 0 aliphatic carbocycles. The first kappa shape index (κ1) is 23.1. The normalized spacial score (nSPS) is 20.6. The van der Waals surface area contributed by atoms with E-state index in [2.05, 4.69) is 32.4 Å². The molecule has 1 aromatic heterocycles. The van der Waals surface area contributed by atoms with E-state index in [9.17, 15) is 4.39 Å². The highest BCUT2D eigenvalue weighted by Crippen LogP contribution is 2.34. The van der Waals surface area contributed by atoms with Crippen LogP contribution in [0.2, 0.25) is 5.15 Å². The van der Waals surface area contributed by atoms with Gasteiger partial charge >= 0.3 is 0 Å². The quantitative estimate of drug-likeness (QED) is 0.484. The van der Waals surface area contributed by atoms with Gasteiger partial charge in [-0.25, -0.2) is 9.37 Å². The number of rotatable bonds is 5. The van der Waals surface area contributed by atoms with Crippen LogP contribution in [0, 0.1) is 11.7 Å². The molecule has 2 aromatic rings. The van der Waals surface area contributed by atoms with Crippen molar-refractivity contribution in [2.24, 2.45) is 5.92 Å². The molecule has 0 unspecified atom stereocenters. The minimum Gasteiger partial charge on any atom is -0.381 e. The Balaban J connectivity index is 1.43. The molecular weight excluding hydrogens is 449 g/mol. The van der Waals surface area contributed by atoms with Crippen molar-refractivity contribution in [3.63, 3.8) is 0 Å². The minimum absolute atomic E-state index is 0.179. The third-order valence-corrected chi connectivity index (χ3v) is 6.82. The lowest BCUT2D eigenvalue weighted by Crippen LogP contribution is -2.45. The van der Waals surface area contributed by atoms with Crippen molar-refractivity contribution in [3.8, 4) is 0 Å². The second-order valence-electron chi connectivity index (χ2n) is 8.77. The molecule has 3 heterocycles. The molecule has 172 valence electrons. The van der Waals surface area contributed by atoms with Crippen molar-refractivity contribution >= 4 is 40.7 Å². The van der Waals surface area contributed by atoms with E-state index in [0.717, 1.165) is 43.7 Å². The summed E-state index contributed by atoms with van der Waals surface area (Å²) in [5.41, 5.74) is 0.903. The first-order valence-electron chi connectivity index (χ1n) is 11.1. The number of benzene rings is 1. The molecule has 0 amide bonds. The van der Waals surface area contributed by atoms with Crippen LogP contribution in [0.4, 0.5) is 16.2 Å². The average molecular weight is 478 g/mol. The molecule has 0 spiro atoms. The fourth-order valence-electron chi connectivity index (χ4n) is 4.55. The SMILES string of the molecule is C[C@H]1CCCN(c2cc(Cl)nc(NC(=S)NCC3(c4ccc(F)cc4)CCOCC3)n2)C1. The Labute approximate surface area is 198 Å². The van der Waals surface area contributed by atoms with Gasteiger partial charge in [0, 0.05) is 44.3 Å². The molecule has 2 fully saturated rings. The molecule has 2 aliphatic rings. The van der Waals surface area contributed by atoms with Crippen molar-refractivity contribution < 1.29 is 9.13 Å². The lowest BCUT2D eigenvalue weighted by Gasteiger charge is -2.38. The lowest BCUT2D eigenvalue weighted by atomic mass is 9.74. The molecule has 0 saturated carbocycles. The summed E-state index contributed by atoms with van der Waals surface area (Å²) in [5, 5.41) is 7.21. The summed E-state index contributed by atoms with van der Waals surface area (Å²) in [7, 11) is 0. The number of ether oxygens (including phenoxy) is 1. The van der Waals surface area contributed by atoms with Crippen molar-refractivity contribution in [3.05, 3.63) is 46.9 Å². The zero-order chi connectivity index (χ0) is 22.6. The fourth-order valence-corrected chi connectivity index (χ4v) is 4.89. The summed E-state index contributed by atoms with van der Waals surface area (Å²) in [4.78, 5) is 11.2. The van der Waals surface area contributed by atoms with E-state index < -0.39 is 0 Å². The topological polar surface area (TPSA) is 62.3 Å². The van der Waals surface area contributed by atoms with Crippen LogP contribution < -0.4 is 15.5 Å². The summed E-state index contributed by atoms with van der Waals surface area (Å²) < 4.78 is 19.0. The third kappa shape index (κ3) is 5.66.